The minimum absolute atomic E-state index is 0.0618. The van der Waals surface area contributed by atoms with E-state index in [1.165, 1.54) is 0 Å². The van der Waals surface area contributed by atoms with Gasteiger partial charge in [-0.1, -0.05) is 0 Å². The van der Waals surface area contributed by atoms with Crippen LogP contribution < -0.4 is 10.6 Å². The standard InChI is InChI=1S/C10H22N2O2/c1-9(2)12-10(13)8-11-6-4-5-7-14-3/h9,11H,4-8H2,1-3H3,(H,12,13). The van der Waals surface area contributed by atoms with Crippen LogP contribution in [-0.4, -0.2) is 38.8 Å². The number of nitrogens with one attached hydrogen (secondary N) is 2. The third-order valence-corrected chi connectivity index (χ3v) is 1.69. The predicted molar refractivity (Wildman–Crippen MR) is 57.3 cm³/mol. The zero-order valence-electron chi connectivity index (χ0n) is 9.43. The van der Waals surface area contributed by atoms with Gasteiger partial charge in [-0.15, -0.1) is 0 Å². The summed E-state index contributed by atoms with van der Waals surface area (Å²) in [5.41, 5.74) is 0. The molecule has 0 saturated heterocycles. The fraction of sp³-hybridized carbons (Fsp3) is 0.900. The molecule has 0 aliphatic rings. The van der Waals surface area contributed by atoms with Gasteiger partial charge in [-0.3, -0.25) is 4.79 Å². The minimum atomic E-state index is 0.0618. The fourth-order valence-electron chi connectivity index (χ4n) is 1.07. The van der Waals surface area contributed by atoms with E-state index >= 15 is 0 Å². The van der Waals surface area contributed by atoms with Crippen LogP contribution in [0.5, 0.6) is 0 Å². The highest BCUT2D eigenvalue weighted by molar-refractivity contribution is 5.78. The van der Waals surface area contributed by atoms with Gasteiger partial charge in [0.25, 0.3) is 0 Å². The van der Waals surface area contributed by atoms with Gasteiger partial charge < -0.3 is 15.4 Å². The highest BCUT2D eigenvalue weighted by Crippen LogP contribution is 1.86. The van der Waals surface area contributed by atoms with Gasteiger partial charge >= 0.3 is 0 Å². The molecule has 0 aromatic carbocycles. The zero-order chi connectivity index (χ0) is 10.8. The van der Waals surface area contributed by atoms with E-state index in [1.54, 1.807) is 7.11 Å². The van der Waals surface area contributed by atoms with E-state index < -0.39 is 0 Å². The summed E-state index contributed by atoms with van der Waals surface area (Å²) in [6.45, 7) is 5.98. The molecule has 0 aliphatic carbocycles. The van der Waals surface area contributed by atoms with E-state index in [4.69, 9.17) is 4.74 Å². The molecule has 0 saturated carbocycles. The van der Waals surface area contributed by atoms with E-state index in [-0.39, 0.29) is 11.9 Å². The Balaban J connectivity index is 3.15. The number of hydrogen-bond donors (Lipinski definition) is 2. The lowest BCUT2D eigenvalue weighted by atomic mass is 10.3. The van der Waals surface area contributed by atoms with Gasteiger partial charge in [0.15, 0.2) is 0 Å². The Labute approximate surface area is 86.4 Å². The van der Waals surface area contributed by atoms with Crippen LogP contribution >= 0.6 is 0 Å². The van der Waals surface area contributed by atoms with Crippen molar-refractivity contribution < 1.29 is 9.53 Å². The van der Waals surface area contributed by atoms with E-state index in [1.807, 2.05) is 13.8 Å². The molecule has 0 atom stereocenters. The van der Waals surface area contributed by atoms with E-state index in [9.17, 15) is 4.79 Å². The lowest BCUT2D eigenvalue weighted by Gasteiger charge is -2.08. The lowest BCUT2D eigenvalue weighted by Crippen LogP contribution is -2.37. The van der Waals surface area contributed by atoms with Crippen molar-refractivity contribution in [2.24, 2.45) is 0 Å². The zero-order valence-corrected chi connectivity index (χ0v) is 9.43. The van der Waals surface area contributed by atoms with Crippen LogP contribution in [0.25, 0.3) is 0 Å². The van der Waals surface area contributed by atoms with E-state index in [0.717, 1.165) is 26.0 Å². The van der Waals surface area contributed by atoms with Gasteiger partial charge in [0, 0.05) is 19.8 Å². The van der Waals surface area contributed by atoms with Gasteiger partial charge in [0.1, 0.15) is 0 Å². The summed E-state index contributed by atoms with van der Waals surface area (Å²) in [4.78, 5) is 11.1. The highest BCUT2D eigenvalue weighted by atomic mass is 16.5. The molecule has 84 valence electrons. The maximum absolute atomic E-state index is 11.1. The molecule has 0 aromatic heterocycles. The first-order valence-corrected chi connectivity index (χ1v) is 5.16. The summed E-state index contributed by atoms with van der Waals surface area (Å²) in [6, 6.07) is 0.220. The minimum Gasteiger partial charge on any atom is -0.385 e. The van der Waals surface area contributed by atoms with Gasteiger partial charge in [-0.25, -0.2) is 0 Å². The molecule has 0 unspecified atom stereocenters. The second-order valence-corrected chi connectivity index (χ2v) is 3.60. The Morgan fingerprint density at radius 3 is 2.64 bits per heavy atom. The van der Waals surface area contributed by atoms with E-state index in [0.29, 0.717) is 6.54 Å². The molecular formula is C10H22N2O2. The second kappa shape index (κ2) is 8.97. The largest absolute Gasteiger partial charge is 0.385 e. The van der Waals surface area contributed by atoms with Crippen LogP contribution in [0, 0.1) is 0 Å². The Hall–Kier alpha value is -0.610. The smallest absolute Gasteiger partial charge is 0.234 e. The maximum atomic E-state index is 11.1. The van der Waals surface area contributed by atoms with Crippen LogP contribution in [0.2, 0.25) is 0 Å². The molecule has 4 nitrogen and oxygen atoms in total. The third-order valence-electron chi connectivity index (χ3n) is 1.69. The first-order chi connectivity index (χ1) is 6.66. The molecule has 0 aromatic rings. The molecular weight excluding hydrogens is 180 g/mol. The highest BCUT2D eigenvalue weighted by Gasteiger charge is 2.00. The van der Waals surface area contributed by atoms with Crippen LogP contribution in [0.1, 0.15) is 26.7 Å². The van der Waals surface area contributed by atoms with Gasteiger partial charge in [-0.2, -0.15) is 0 Å². The average molecular weight is 202 g/mol. The average Bonchev–Trinajstić information content (AvgIpc) is 2.10. The number of hydrogen-bond acceptors (Lipinski definition) is 3. The van der Waals surface area contributed by atoms with Crippen molar-refractivity contribution in [3.8, 4) is 0 Å². The molecule has 0 aliphatic heterocycles. The quantitative estimate of drug-likeness (QED) is 0.564. The molecule has 0 fully saturated rings. The van der Waals surface area contributed by atoms with Crippen molar-refractivity contribution in [3.05, 3.63) is 0 Å². The maximum Gasteiger partial charge on any atom is 0.234 e. The lowest BCUT2D eigenvalue weighted by molar-refractivity contribution is -0.120. The molecule has 1 amide bonds. The SMILES string of the molecule is COCCCCNCC(=O)NC(C)C. The Morgan fingerprint density at radius 2 is 2.07 bits per heavy atom. The van der Waals surface area contributed by atoms with Crippen LogP contribution in [0.3, 0.4) is 0 Å². The van der Waals surface area contributed by atoms with Crippen molar-refractivity contribution in [2.75, 3.05) is 26.8 Å². The second-order valence-electron chi connectivity index (χ2n) is 3.60. The summed E-state index contributed by atoms with van der Waals surface area (Å²) < 4.78 is 4.92. The van der Waals surface area contributed by atoms with Crippen molar-refractivity contribution in [3.63, 3.8) is 0 Å². The van der Waals surface area contributed by atoms with Crippen LogP contribution in [0.4, 0.5) is 0 Å². The summed E-state index contributed by atoms with van der Waals surface area (Å²) in [7, 11) is 1.70. The molecule has 0 radical (unpaired) electrons. The molecule has 2 N–H and O–H groups in total. The van der Waals surface area contributed by atoms with Crippen molar-refractivity contribution in [1.82, 2.24) is 10.6 Å². The number of rotatable bonds is 8. The molecule has 14 heavy (non-hydrogen) atoms. The van der Waals surface area contributed by atoms with Crippen LogP contribution in [0.15, 0.2) is 0 Å². The molecule has 0 heterocycles. The summed E-state index contributed by atoms with van der Waals surface area (Å²) >= 11 is 0. The monoisotopic (exact) mass is 202 g/mol. The number of carbonyl (C=O) groups is 1. The predicted octanol–water partition coefficient (Wildman–Crippen LogP) is 0.527. The third kappa shape index (κ3) is 9.48. The van der Waals surface area contributed by atoms with E-state index in [2.05, 4.69) is 10.6 Å². The van der Waals surface area contributed by atoms with Crippen molar-refractivity contribution in [2.45, 2.75) is 32.7 Å². The van der Waals surface area contributed by atoms with Gasteiger partial charge in [0.05, 0.1) is 6.54 Å². The summed E-state index contributed by atoms with van der Waals surface area (Å²) in [5, 5.41) is 5.90. The fourth-order valence-corrected chi connectivity index (χ4v) is 1.07. The molecule has 0 bridgehead atoms. The molecule has 0 rings (SSSR count). The van der Waals surface area contributed by atoms with Gasteiger partial charge in [0.2, 0.25) is 5.91 Å². The van der Waals surface area contributed by atoms with Gasteiger partial charge in [-0.05, 0) is 33.2 Å². The summed E-state index contributed by atoms with van der Waals surface area (Å²) in [6.07, 6.45) is 2.08. The van der Waals surface area contributed by atoms with Crippen molar-refractivity contribution in [1.29, 1.82) is 0 Å². The number of methoxy groups -OCH3 is 1. The Bertz CT molecular complexity index is 149. The van der Waals surface area contributed by atoms with Crippen LogP contribution in [-0.2, 0) is 9.53 Å². The number of amides is 1. The normalized spacial score (nSPS) is 10.6. The number of carbonyl (C=O) groups excluding carboxylic acids is 1. The summed E-state index contributed by atoms with van der Waals surface area (Å²) in [5.74, 6) is 0.0618. The Kier molecular flexibility index (Phi) is 8.57. The molecule has 0 spiro atoms. The topological polar surface area (TPSA) is 50.4 Å². The van der Waals surface area contributed by atoms with Crippen molar-refractivity contribution >= 4 is 5.91 Å². The first kappa shape index (κ1) is 13.4. The molecule has 4 heteroatoms. The first-order valence-electron chi connectivity index (χ1n) is 5.16. The Morgan fingerprint density at radius 1 is 1.36 bits per heavy atom. The number of ether oxygens (including phenoxy) is 1. The number of unbranched alkanes of at least 4 members (excludes halogenated alkanes) is 1.